The molecule has 0 radical (unpaired) electrons. The van der Waals surface area contributed by atoms with Gasteiger partial charge in [0.05, 0.1) is 26.3 Å². The van der Waals surface area contributed by atoms with Crippen molar-refractivity contribution >= 4 is 48.6 Å². The second-order valence-corrected chi connectivity index (χ2v) is 18.8. The quantitative estimate of drug-likeness (QED) is 0.153. The van der Waals surface area contributed by atoms with Crippen LogP contribution < -0.4 is 0 Å². The first-order chi connectivity index (χ1) is 32.0. The highest BCUT2D eigenvalue weighted by Crippen LogP contribution is 2.41. The molecule has 2 heterocycles. The van der Waals surface area contributed by atoms with Gasteiger partial charge in [-0.1, -0.05) is 146 Å². The van der Waals surface area contributed by atoms with Crippen LogP contribution in [0.5, 0.6) is 0 Å². The van der Waals surface area contributed by atoms with Crippen LogP contribution in [0.2, 0.25) is 0 Å². The van der Waals surface area contributed by atoms with E-state index in [1.54, 1.807) is 24.3 Å². The minimum atomic E-state index is -3.83. The largest absolute Gasteiger partial charge is 0.310 e. The monoisotopic (exact) mass is 854 g/mol. The van der Waals surface area contributed by atoms with Crippen LogP contribution >= 0.6 is 0 Å². The van der Waals surface area contributed by atoms with Gasteiger partial charge in [-0.3, -0.25) is 0 Å². The Morgan fingerprint density at radius 1 is 0.385 bits per heavy atom. The molecule has 5 heteroatoms. The molecule has 12 rings (SSSR count). The van der Waals surface area contributed by atoms with Gasteiger partial charge in [-0.15, -0.1) is 0 Å². The van der Waals surface area contributed by atoms with E-state index in [4.69, 9.17) is 0 Å². The maximum atomic E-state index is 14.4. The van der Waals surface area contributed by atoms with Crippen LogP contribution in [0.1, 0.15) is 22.7 Å². The number of sulfone groups is 1. The highest BCUT2D eigenvalue weighted by Gasteiger charge is 2.25. The standard InChI is InChI=1S/C60H42N2O2S/c63-65(64,51-29-25-49(26-30-51)61-57-33-21-45(41-13-5-1-6-14-41)37-53(57)54-38-46(22-34-58(54)61)42-15-7-2-8-16-42)52-31-27-50(28-32-52)62-59-35-23-47(43-17-9-3-10-18-43)39-55(59)56-40-48(24-36-60(56)62)44-19-11-4-12-20-44/h1-39,48H,40H2. The Labute approximate surface area is 378 Å². The van der Waals surface area contributed by atoms with E-state index in [0.717, 1.165) is 73.1 Å². The van der Waals surface area contributed by atoms with Crippen LogP contribution in [0.15, 0.2) is 240 Å². The molecule has 0 N–H and O–H groups in total. The molecule has 1 atom stereocenters. The molecule has 1 unspecified atom stereocenters. The summed E-state index contributed by atoms with van der Waals surface area (Å²) in [6, 6.07) is 76.7. The first-order valence-electron chi connectivity index (χ1n) is 22.1. The molecule has 0 saturated heterocycles. The minimum absolute atomic E-state index is 0.250. The Morgan fingerprint density at radius 3 is 1.25 bits per heavy atom. The van der Waals surface area contributed by atoms with E-state index in [0.29, 0.717) is 0 Å². The minimum Gasteiger partial charge on any atom is -0.310 e. The van der Waals surface area contributed by atoms with Gasteiger partial charge in [-0.25, -0.2) is 8.42 Å². The Kier molecular flexibility index (Phi) is 9.32. The number of allylic oxidation sites excluding steroid dienone is 1. The average molecular weight is 855 g/mol. The summed E-state index contributed by atoms with van der Waals surface area (Å²) >= 11 is 0. The predicted octanol–water partition coefficient (Wildman–Crippen LogP) is 14.9. The van der Waals surface area contributed by atoms with Crippen molar-refractivity contribution in [2.45, 2.75) is 22.1 Å². The fraction of sp³-hybridized carbons (Fsp3) is 0.0333. The maximum Gasteiger partial charge on any atom is 0.206 e. The SMILES string of the molecule is O=S(=O)(c1ccc(-n2c3c(c4cc(-c5ccccc5)ccc42)CC(c2ccccc2)C=C3)cc1)c1ccc(-n2c3ccc(-c4ccccc4)cc3c3cc(-c4ccccc4)ccc32)cc1. The lowest BCUT2D eigenvalue weighted by Crippen LogP contribution is -2.07. The number of hydrogen-bond donors (Lipinski definition) is 0. The molecule has 0 fully saturated rings. The third-order valence-corrected chi connectivity index (χ3v) is 14.9. The Morgan fingerprint density at radius 2 is 0.785 bits per heavy atom. The molecule has 1 aliphatic rings. The smallest absolute Gasteiger partial charge is 0.206 e. The molecular weight excluding hydrogens is 813 g/mol. The van der Waals surface area contributed by atoms with Gasteiger partial charge in [-0.2, -0.15) is 0 Å². The molecule has 65 heavy (non-hydrogen) atoms. The number of rotatable bonds is 8. The van der Waals surface area contributed by atoms with E-state index in [2.05, 4.69) is 179 Å². The maximum absolute atomic E-state index is 14.4. The third-order valence-electron chi connectivity index (χ3n) is 13.1. The number of aromatic nitrogens is 2. The Balaban J connectivity index is 0.903. The summed E-state index contributed by atoms with van der Waals surface area (Å²) < 4.78 is 33.2. The van der Waals surface area contributed by atoms with Gasteiger partial charge in [0, 0.05) is 39.1 Å². The molecule has 0 aliphatic heterocycles. The lowest BCUT2D eigenvalue weighted by atomic mass is 9.86. The molecule has 2 aromatic heterocycles. The first kappa shape index (κ1) is 38.7. The number of hydrogen-bond acceptors (Lipinski definition) is 2. The first-order valence-corrected chi connectivity index (χ1v) is 23.6. The van der Waals surface area contributed by atoms with Crippen LogP contribution in [0, 0.1) is 0 Å². The highest BCUT2D eigenvalue weighted by molar-refractivity contribution is 7.91. The summed E-state index contributed by atoms with van der Waals surface area (Å²) in [4.78, 5) is 0.503. The van der Waals surface area contributed by atoms with Gasteiger partial charge in [0.1, 0.15) is 0 Å². The summed E-state index contributed by atoms with van der Waals surface area (Å²) in [7, 11) is -3.83. The molecular formula is C60H42N2O2S. The van der Waals surface area contributed by atoms with Crippen molar-refractivity contribution in [1.29, 1.82) is 0 Å². The molecule has 11 aromatic rings. The van der Waals surface area contributed by atoms with Crippen molar-refractivity contribution < 1.29 is 8.42 Å². The van der Waals surface area contributed by atoms with Crippen molar-refractivity contribution in [3.05, 3.63) is 247 Å². The van der Waals surface area contributed by atoms with Gasteiger partial charge in [0.25, 0.3) is 0 Å². The van der Waals surface area contributed by atoms with E-state index < -0.39 is 9.84 Å². The molecule has 0 amide bonds. The normalized spacial score (nSPS) is 13.7. The van der Waals surface area contributed by atoms with Crippen molar-refractivity contribution in [2.24, 2.45) is 0 Å². The third kappa shape index (κ3) is 6.71. The number of benzene rings is 9. The van der Waals surface area contributed by atoms with Crippen LogP contribution in [-0.2, 0) is 16.3 Å². The summed E-state index contributed by atoms with van der Waals surface area (Å²) in [5, 5.41) is 3.48. The fourth-order valence-electron chi connectivity index (χ4n) is 9.88. The molecule has 310 valence electrons. The summed E-state index contributed by atoms with van der Waals surface area (Å²) in [5.74, 6) is 0.261. The predicted molar refractivity (Wildman–Crippen MR) is 268 cm³/mol. The Hall–Kier alpha value is -7.99. The Bertz CT molecular complexity index is 3610. The molecule has 4 nitrogen and oxygen atoms in total. The van der Waals surface area contributed by atoms with E-state index in [1.807, 2.05) is 42.5 Å². The van der Waals surface area contributed by atoms with E-state index in [-0.39, 0.29) is 15.7 Å². The van der Waals surface area contributed by atoms with Crippen molar-refractivity contribution in [3.63, 3.8) is 0 Å². The van der Waals surface area contributed by atoms with Crippen LogP contribution in [-0.4, -0.2) is 17.6 Å². The zero-order valence-electron chi connectivity index (χ0n) is 35.4. The average Bonchev–Trinajstić information content (AvgIpc) is 3.88. The summed E-state index contributed by atoms with van der Waals surface area (Å²) in [6.45, 7) is 0. The van der Waals surface area contributed by atoms with Gasteiger partial charge >= 0.3 is 0 Å². The zero-order chi connectivity index (χ0) is 43.5. The molecule has 0 bridgehead atoms. The van der Waals surface area contributed by atoms with Crippen LogP contribution in [0.25, 0.3) is 83.5 Å². The molecule has 0 saturated carbocycles. The summed E-state index contributed by atoms with van der Waals surface area (Å²) in [6.07, 6.45) is 5.42. The highest BCUT2D eigenvalue weighted by atomic mass is 32.2. The lowest BCUT2D eigenvalue weighted by Gasteiger charge is -2.19. The van der Waals surface area contributed by atoms with Gasteiger partial charge < -0.3 is 9.13 Å². The lowest BCUT2D eigenvalue weighted by molar-refractivity contribution is 0.596. The van der Waals surface area contributed by atoms with Crippen LogP contribution in [0.4, 0.5) is 0 Å². The number of fused-ring (bicyclic) bond motifs is 6. The van der Waals surface area contributed by atoms with Gasteiger partial charge in [-0.05, 0) is 142 Å². The zero-order valence-corrected chi connectivity index (χ0v) is 36.2. The molecule has 1 aliphatic carbocycles. The van der Waals surface area contributed by atoms with Gasteiger partial charge in [0.15, 0.2) is 0 Å². The van der Waals surface area contributed by atoms with Crippen LogP contribution in [0.3, 0.4) is 0 Å². The second kappa shape index (κ2) is 15.7. The van der Waals surface area contributed by atoms with E-state index in [9.17, 15) is 8.42 Å². The second-order valence-electron chi connectivity index (χ2n) is 16.9. The van der Waals surface area contributed by atoms with Gasteiger partial charge in [0.2, 0.25) is 9.84 Å². The van der Waals surface area contributed by atoms with E-state index >= 15 is 0 Å². The van der Waals surface area contributed by atoms with E-state index in [1.165, 1.54) is 27.6 Å². The number of nitrogens with zero attached hydrogens (tertiary/aromatic N) is 2. The summed E-state index contributed by atoms with van der Waals surface area (Å²) in [5.41, 5.74) is 15.7. The fourth-order valence-corrected chi connectivity index (χ4v) is 11.1. The van der Waals surface area contributed by atoms with Crippen molar-refractivity contribution in [1.82, 2.24) is 9.13 Å². The molecule has 0 spiro atoms. The van der Waals surface area contributed by atoms with Crippen molar-refractivity contribution in [3.8, 4) is 44.8 Å². The topological polar surface area (TPSA) is 44.0 Å². The van der Waals surface area contributed by atoms with Crippen molar-refractivity contribution in [2.75, 3.05) is 0 Å². The molecule has 9 aromatic carbocycles.